The fraction of sp³-hybridized carbons (Fsp3) is 0.450. The van der Waals surface area contributed by atoms with Crippen LogP contribution in [0.4, 0.5) is 4.79 Å². The van der Waals surface area contributed by atoms with E-state index < -0.39 is 92.0 Å². The van der Waals surface area contributed by atoms with Crippen LogP contribution in [0.15, 0.2) is 91.0 Å². The number of benzene rings is 3. The molecule has 0 radical (unpaired) electrons. The number of esters is 3. The maximum absolute atomic E-state index is 13.4. The monoisotopic (exact) mass is 781 g/mol. The third-order valence-electron chi connectivity index (χ3n) is 8.94. The van der Waals surface area contributed by atoms with Crippen LogP contribution in [0.25, 0.3) is 0 Å². The third kappa shape index (κ3) is 11.5. The second kappa shape index (κ2) is 20.8. The summed E-state index contributed by atoms with van der Waals surface area (Å²) < 4.78 is 58.7. The summed E-state index contributed by atoms with van der Waals surface area (Å²) >= 11 is 0. The lowest BCUT2D eigenvalue weighted by molar-refractivity contribution is -0.350. The van der Waals surface area contributed by atoms with Crippen molar-refractivity contribution < 1.29 is 71.7 Å². The van der Waals surface area contributed by atoms with E-state index in [2.05, 4.69) is 5.32 Å². The van der Waals surface area contributed by atoms with Gasteiger partial charge in [-0.3, -0.25) is 9.59 Å². The summed E-state index contributed by atoms with van der Waals surface area (Å²) in [5.74, 6) is -2.38. The van der Waals surface area contributed by atoms with Crippen LogP contribution in [0.5, 0.6) is 0 Å². The normalized spacial score (nSPS) is 27.4. The van der Waals surface area contributed by atoms with E-state index in [-0.39, 0.29) is 19.8 Å². The Balaban J connectivity index is 1.52. The largest absolute Gasteiger partial charge is 0.467 e. The summed E-state index contributed by atoms with van der Waals surface area (Å²) in [6.07, 6.45) is -13.6. The Kier molecular flexibility index (Phi) is 15.7. The Morgan fingerprint density at radius 1 is 0.661 bits per heavy atom. The van der Waals surface area contributed by atoms with Gasteiger partial charge in [0.2, 0.25) is 0 Å². The summed E-state index contributed by atoms with van der Waals surface area (Å²) in [5.41, 5.74) is 2.21. The van der Waals surface area contributed by atoms with Crippen molar-refractivity contribution >= 4 is 24.0 Å². The summed E-state index contributed by atoms with van der Waals surface area (Å²) in [6, 6.07) is 26.0. The average molecular weight is 782 g/mol. The number of amides is 1. The van der Waals surface area contributed by atoms with Crippen molar-refractivity contribution in [3.8, 4) is 0 Å². The van der Waals surface area contributed by atoms with Gasteiger partial charge >= 0.3 is 24.0 Å². The number of carbonyl (C=O) groups is 4. The van der Waals surface area contributed by atoms with Crippen LogP contribution in [0.1, 0.15) is 30.5 Å². The fourth-order valence-corrected chi connectivity index (χ4v) is 6.30. The van der Waals surface area contributed by atoms with Gasteiger partial charge in [0.1, 0.15) is 49.8 Å². The summed E-state index contributed by atoms with van der Waals surface area (Å²) in [7, 11) is 2.47. The van der Waals surface area contributed by atoms with E-state index in [9.17, 15) is 24.3 Å². The molecule has 16 nitrogen and oxygen atoms in total. The van der Waals surface area contributed by atoms with Crippen molar-refractivity contribution in [2.24, 2.45) is 0 Å². The van der Waals surface area contributed by atoms with Crippen LogP contribution in [0, 0.1) is 0 Å². The molecule has 16 heteroatoms. The SMILES string of the molecule is COC(=O)[C@@H]1O[C@H](O[C@H]2[C@@H](OCc3ccccc3)[C@@H](NC(=O)OCc3ccccc3)[C@@H](OC)O[C@@H]2COC(C)=O)[C@H](OC(C)=O)[C@@H](OCc2ccccc2)[C@@H]1O. The van der Waals surface area contributed by atoms with E-state index in [1.807, 2.05) is 54.6 Å². The number of aliphatic hydroxyl groups excluding tert-OH is 1. The van der Waals surface area contributed by atoms with Gasteiger partial charge in [-0.2, -0.15) is 0 Å². The zero-order valence-electron chi connectivity index (χ0n) is 31.4. The van der Waals surface area contributed by atoms with Gasteiger partial charge in [0.25, 0.3) is 0 Å². The van der Waals surface area contributed by atoms with Gasteiger partial charge in [0.15, 0.2) is 24.8 Å². The first kappa shape index (κ1) is 42.2. The fourth-order valence-electron chi connectivity index (χ4n) is 6.30. The molecule has 56 heavy (non-hydrogen) atoms. The number of methoxy groups -OCH3 is 2. The molecule has 2 N–H and O–H groups in total. The molecule has 2 aliphatic rings. The molecular weight excluding hydrogens is 734 g/mol. The average Bonchev–Trinajstić information content (AvgIpc) is 3.20. The van der Waals surface area contributed by atoms with Gasteiger partial charge in [-0.15, -0.1) is 0 Å². The Bertz CT molecular complexity index is 1700. The molecule has 0 saturated carbocycles. The number of nitrogens with one attached hydrogen (secondary N) is 1. The van der Waals surface area contributed by atoms with Crippen molar-refractivity contribution in [2.45, 2.75) is 95.0 Å². The van der Waals surface area contributed by atoms with Crippen molar-refractivity contribution in [1.82, 2.24) is 5.32 Å². The van der Waals surface area contributed by atoms with E-state index in [1.54, 1.807) is 36.4 Å². The van der Waals surface area contributed by atoms with E-state index in [0.717, 1.165) is 30.7 Å². The predicted molar refractivity (Wildman–Crippen MR) is 193 cm³/mol. The van der Waals surface area contributed by atoms with Crippen molar-refractivity contribution in [1.29, 1.82) is 0 Å². The Hall–Kier alpha value is -4.94. The molecule has 3 aromatic carbocycles. The molecule has 0 aromatic heterocycles. The molecule has 2 aliphatic heterocycles. The minimum atomic E-state index is -1.69. The Morgan fingerprint density at radius 3 is 1.73 bits per heavy atom. The zero-order valence-corrected chi connectivity index (χ0v) is 31.4. The maximum atomic E-state index is 13.4. The standard InChI is InChI=1S/C40H47NO15/c1-24(42)49-23-29-32(55-39-36(53-25(2)43)34(31(44)35(56-39)37(45)47-3)51-21-27-16-10-6-11-17-27)33(50-20-26-14-8-5-9-15-26)30(38(48-4)54-29)41-40(46)52-22-28-18-12-7-13-19-28/h5-19,29-36,38-39,44H,20-23H2,1-4H3,(H,41,46)/t29-,30-,31+,32-,33+,34+,35-,36-,38+,39+/m1/s1. The number of aliphatic hydroxyl groups is 1. The van der Waals surface area contributed by atoms with Gasteiger partial charge < -0.3 is 57.8 Å². The quantitative estimate of drug-likeness (QED) is 0.159. The van der Waals surface area contributed by atoms with Crippen LogP contribution < -0.4 is 5.32 Å². The van der Waals surface area contributed by atoms with Gasteiger partial charge in [-0.25, -0.2) is 9.59 Å². The second-order valence-corrected chi connectivity index (χ2v) is 12.9. The molecule has 2 saturated heterocycles. The maximum Gasteiger partial charge on any atom is 0.407 e. The van der Waals surface area contributed by atoms with Crippen molar-refractivity contribution in [3.05, 3.63) is 108 Å². The van der Waals surface area contributed by atoms with Crippen LogP contribution in [-0.2, 0) is 81.6 Å². The van der Waals surface area contributed by atoms with Crippen LogP contribution >= 0.6 is 0 Å². The van der Waals surface area contributed by atoms with E-state index in [0.29, 0.717) is 0 Å². The third-order valence-corrected chi connectivity index (χ3v) is 8.94. The summed E-state index contributed by atoms with van der Waals surface area (Å²) in [5, 5.41) is 14.2. The molecular formula is C40H47NO15. The first-order valence-electron chi connectivity index (χ1n) is 17.9. The Morgan fingerprint density at radius 2 is 1.21 bits per heavy atom. The highest BCUT2D eigenvalue weighted by Crippen LogP contribution is 2.34. The lowest BCUT2D eigenvalue weighted by Gasteiger charge is -2.48. The van der Waals surface area contributed by atoms with Gasteiger partial charge in [-0.05, 0) is 16.7 Å². The highest BCUT2D eigenvalue weighted by atomic mass is 16.8. The van der Waals surface area contributed by atoms with Gasteiger partial charge in [0, 0.05) is 21.0 Å². The first-order valence-corrected chi connectivity index (χ1v) is 17.9. The number of hydrogen-bond acceptors (Lipinski definition) is 15. The van der Waals surface area contributed by atoms with Gasteiger partial charge in [-0.1, -0.05) is 91.0 Å². The molecule has 2 heterocycles. The molecule has 5 rings (SSSR count). The minimum absolute atomic E-state index is 0.00939. The molecule has 302 valence electrons. The highest BCUT2D eigenvalue weighted by Gasteiger charge is 2.56. The van der Waals surface area contributed by atoms with Crippen LogP contribution in [0.3, 0.4) is 0 Å². The summed E-state index contributed by atoms with van der Waals surface area (Å²) in [6.45, 7) is 1.85. The molecule has 0 spiro atoms. The smallest absolute Gasteiger partial charge is 0.407 e. The Labute approximate surface area is 324 Å². The molecule has 10 atom stereocenters. The topological polar surface area (TPSA) is 193 Å². The van der Waals surface area contributed by atoms with E-state index in [1.165, 1.54) is 14.0 Å². The predicted octanol–water partition coefficient (Wildman–Crippen LogP) is 2.96. The lowest BCUT2D eigenvalue weighted by Crippen LogP contribution is -2.69. The summed E-state index contributed by atoms with van der Waals surface area (Å²) in [4.78, 5) is 51.1. The van der Waals surface area contributed by atoms with Gasteiger partial charge in [0.05, 0.1) is 20.3 Å². The number of ether oxygens (including phenoxy) is 10. The molecule has 2 fully saturated rings. The van der Waals surface area contributed by atoms with E-state index in [4.69, 9.17) is 47.4 Å². The molecule has 3 aromatic rings. The number of carbonyl (C=O) groups excluding carboxylic acids is 4. The lowest BCUT2D eigenvalue weighted by atomic mass is 9.94. The number of rotatable bonds is 16. The molecule has 0 aliphatic carbocycles. The van der Waals surface area contributed by atoms with Crippen LogP contribution in [-0.4, -0.2) is 111 Å². The molecule has 0 bridgehead atoms. The number of alkyl carbamates (subject to hydrolysis) is 1. The van der Waals surface area contributed by atoms with Crippen molar-refractivity contribution in [3.63, 3.8) is 0 Å². The zero-order chi connectivity index (χ0) is 40.0. The number of hydrogen-bond donors (Lipinski definition) is 2. The van der Waals surface area contributed by atoms with Crippen molar-refractivity contribution in [2.75, 3.05) is 20.8 Å². The van der Waals surface area contributed by atoms with E-state index >= 15 is 0 Å². The minimum Gasteiger partial charge on any atom is -0.467 e. The van der Waals surface area contributed by atoms with Crippen LogP contribution in [0.2, 0.25) is 0 Å². The molecule has 0 unspecified atom stereocenters. The highest BCUT2D eigenvalue weighted by molar-refractivity contribution is 5.75. The first-order chi connectivity index (χ1) is 27.1. The second-order valence-electron chi connectivity index (χ2n) is 12.9. The molecule has 1 amide bonds.